The van der Waals surface area contributed by atoms with Crippen molar-refractivity contribution in [1.29, 1.82) is 0 Å². The average Bonchev–Trinajstić information content (AvgIpc) is 2.18. The molecule has 0 unspecified atom stereocenters. The van der Waals surface area contributed by atoms with Crippen LogP contribution in [0.25, 0.3) is 0 Å². The van der Waals surface area contributed by atoms with E-state index in [4.69, 9.17) is 0 Å². The molecule has 1 aromatic carbocycles. The molecule has 0 atom stereocenters. The summed E-state index contributed by atoms with van der Waals surface area (Å²) in [5, 5.41) is 10.8. The van der Waals surface area contributed by atoms with Crippen LogP contribution >= 0.6 is 0 Å². The van der Waals surface area contributed by atoms with E-state index in [2.05, 4.69) is 0 Å². The lowest BCUT2D eigenvalue weighted by molar-refractivity contribution is -0.385. The third-order valence-corrected chi connectivity index (χ3v) is 4.37. The van der Waals surface area contributed by atoms with Crippen LogP contribution in [0.5, 0.6) is 0 Å². The third kappa shape index (κ3) is 1.68. The van der Waals surface area contributed by atoms with Crippen LogP contribution in [-0.2, 0) is 22.3 Å². The van der Waals surface area contributed by atoms with Gasteiger partial charge in [0.05, 0.1) is 16.2 Å². The fourth-order valence-corrected chi connectivity index (χ4v) is 2.99. The lowest BCUT2D eigenvalue weighted by atomic mass is 10.1. The summed E-state index contributed by atoms with van der Waals surface area (Å²) in [5.41, 5.74) is 0.895. The van der Waals surface area contributed by atoms with E-state index < -0.39 is 14.9 Å². The molecule has 0 amide bonds. The van der Waals surface area contributed by atoms with Crippen LogP contribution in [0.4, 0.5) is 5.69 Å². The molecular formula is C9H10N2O4S. The Balaban J connectivity index is 2.61. The smallest absolute Gasteiger partial charge is 0.258 e. The van der Waals surface area contributed by atoms with E-state index in [0.29, 0.717) is 11.1 Å². The summed E-state index contributed by atoms with van der Waals surface area (Å²) in [6.07, 6.45) is 0. The van der Waals surface area contributed by atoms with Crippen molar-refractivity contribution >= 4 is 15.7 Å². The molecule has 1 aliphatic heterocycles. The Morgan fingerprint density at radius 2 is 2.12 bits per heavy atom. The third-order valence-electron chi connectivity index (χ3n) is 2.64. The van der Waals surface area contributed by atoms with Gasteiger partial charge >= 0.3 is 0 Å². The van der Waals surface area contributed by atoms with Gasteiger partial charge in [0.1, 0.15) is 0 Å². The van der Waals surface area contributed by atoms with Gasteiger partial charge in [0, 0.05) is 19.7 Å². The minimum Gasteiger partial charge on any atom is -0.258 e. The standard InChI is InChI=1S/C9H10N2O4S/c1-10-5-7-3-2-4-9(11(12)13)8(7)6-16(10,14)15/h2-4H,5-6H2,1H3. The van der Waals surface area contributed by atoms with E-state index in [-0.39, 0.29) is 18.0 Å². The van der Waals surface area contributed by atoms with Crippen molar-refractivity contribution in [3.8, 4) is 0 Å². The SMILES string of the molecule is CN1Cc2cccc([N+](=O)[O-])c2CS1(=O)=O. The first-order valence-corrected chi connectivity index (χ1v) is 6.22. The summed E-state index contributed by atoms with van der Waals surface area (Å²) in [4.78, 5) is 10.2. The van der Waals surface area contributed by atoms with Gasteiger partial charge in [-0.25, -0.2) is 12.7 Å². The molecule has 0 saturated heterocycles. The maximum absolute atomic E-state index is 11.6. The molecule has 0 radical (unpaired) electrons. The maximum atomic E-state index is 11.6. The first-order chi connectivity index (χ1) is 7.42. The van der Waals surface area contributed by atoms with Gasteiger partial charge in [0.15, 0.2) is 0 Å². The highest BCUT2D eigenvalue weighted by Crippen LogP contribution is 2.30. The van der Waals surface area contributed by atoms with Gasteiger partial charge in [-0.2, -0.15) is 0 Å². The summed E-state index contributed by atoms with van der Waals surface area (Å²) in [6, 6.07) is 4.62. The van der Waals surface area contributed by atoms with Crippen LogP contribution in [0.3, 0.4) is 0 Å². The van der Waals surface area contributed by atoms with E-state index in [1.54, 1.807) is 12.1 Å². The Labute approximate surface area is 92.7 Å². The molecule has 1 aliphatic rings. The molecule has 0 spiro atoms. The fraction of sp³-hybridized carbons (Fsp3) is 0.333. The molecule has 0 bridgehead atoms. The number of hydrogen-bond acceptors (Lipinski definition) is 4. The van der Waals surface area contributed by atoms with Crippen molar-refractivity contribution < 1.29 is 13.3 Å². The minimum absolute atomic E-state index is 0.117. The first kappa shape index (κ1) is 11.0. The topological polar surface area (TPSA) is 80.5 Å². The Morgan fingerprint density at radius 3 is 2.75 bits per heavy atom. The molecule has 0 N–H and O–H groups in total. The number of nitro benzene ring substituents is 1. The molecular weight excluding hydrogens is 232 g/mol. The molecule has 1 aromatic rings. The number of nitrogens with zero attached hydrogens (tertiary/aromatic N) is 2. The van der Waals surface area contributed by atoms with Crippen LogP contribution in [0.2, 0.25) is 0 Å². The van der Waals surface area contributed by atoms with Crippen LogP contribution in [0, 0.1) is 10.1 Å². The molecule has 0 saturated carbocycles. The maximum Gasteiger partial charge on any atom is 0.273 e. The second-order valence-electron chi connectivity index (χ2n) is 3.68. The van der Waals surface area contributed by atoms with Gasteiger partial charge in [-0.15, -0.1) is 0 Å². The Hall–Kier alpha value is -1.47. The van der Waals surface area contributed by atoms with E-state index >= 15 is 0 Å². The summed E-state index contributed by atoms with van der Waals surface area (Å²) in [7, 11) is -1.93. The number of benzene rings is 1. The highest BCUT2D eigenvalue weighted by molar-refractivity contribution is 7.88. The number of fused-ring (bicyclic) bond motifs is 1. The number of nitro groups is 1. The summed E-state index contributed by atoms with van der Waals surface area (Å²) in [6.45, 7) is 0.194. The van der Waals surface area contributed by atoms with Crippen molar-refractivity contribution in [3.05, 3.63) is 39.4 Å². The second-order valence-corrected chi connectivity index (χ2v) is 5.76. The molecule has 86 valence electrons. The largest absolute Gasteiger partial charge is 0.273 e. The molecule has 7 heteroatoms. The zero-order chi connectivity index (χ0) is 11.9. The predicted octanol–water partition coefficient (Wildman–Crippen LogP) is 0.870. The molecule has 0 fully saturated rings. The predicted molar refractivity (Wildman–Crippen MR) is 57.2 cm³/mol. The Morgan fingerprint density at radius 1 is 1.44 bits per heavy atom. The van der Waals surface area contributed by atoms with Crippen molar-refractivity contribution in [3.63, 3.8) is 0 Å². The van der Waals surface area contributed by atoms with Crippen molar-refractivity contribution in [1.82, 2.24) is 4.31 Å². The number of sulfonamides is 1. The fourth-order valence-electron chi connectivity index (χ4n) is 1.74. The number of hydrogen-bond donors (Lipinski definition) is 0. The van der Waals surface area contributed by atoms with E-state index in [0.717, 1.165) is 0 Å². The number of rotatable bonds is 1. The van der Waals surface area contributed by atoms with Gasteiger partial charge in [-0.3, -0.25) is 10.1 Å². The van der Waals surface area contributed by atoms with Gasteiger partial charge < -0.3 is 0 Å². The van der Waals surface area contributed by atoms with E-state index in [1.165, 1.54) is 17.4 Å². The molecule has 16 heavy (non-hydrogen) atoms. The van der Waals surface area contributed by atoms with Crippen molar-refractivity contribution in [2.45, 2.75) is 12.3 Å². The first-order valence-electron chi connectivity index (χ1n) is 4.61. The van der Waals surface area contributed by atoms with Crippen molar-refractivity contribution in [2.75, 3.05) is 7.05 Å². The summed E-state index contributed by atoms with van der Waals surface area (Å²) >= 11 is 0. The lowest BCUT2D eigenvalue weighted by Crippen LogP contribution is -2.32. The van der Waals surface area contributed by atoms with Gasteiger partial charge in [-0.1, -0.05) is 12.1 Å². The second kappa shape index (κ2) is 3.53. The molecule has 0 aromatic heterocycles. The molecule has 1 heterocycles. The van der Waals surface area contributed by atoms with Gasteiger partial charge in [0.25, 0.3) is 5.69 Å². The van der Waals surface area contributed by atoms with Crippen LogP contribution < -0.4 is 0 Å². The Bertz CT molecular complexity index is 553. The van der Waals surface area contributed by atoms with E-state index in [1.807, 2.05) is 0 Å². The van der Waals surface area contributed by atoms with E-state index in [9.17, 15) is 18.5 Å². The normalized spacial score (nSPS) is 19.1. The van der Waals surface area contributed by atoms with Crippen LogP contribution in [0.15, 0.2) is 18.2 Å². The molecule has 6 nitrogen and oxygen atoms in total. The molecule has 2 rings (SSSR count). The highest BCUT2D eigenvalue weighted by atomic mass is 32.2. The van der Waals surface area contributed by atoms with Gasteiger partial charge in [0.2, 0.25) is 10.0 Å². The van der Waals surface area contributed by atoms with Crippen LogP contribution in [0.1, 0.15) is 11.1 Å². The monoisotopic (exact) mass is 242 g/mol. The van der Waals surface area contributed by atoms with Crippen LogP contribution in [-0.4, -0.2) is 24.7 Å². The zero-order valence-electron chi connectivity index (χ0n) is 8.58. The lowest BCUT2D eigenvalue weighted by Gasteiger charge is -2.24. The van der Waals surface area contributed by atoms with Crippen molar-refractivity contribution in [2.24, 2.45) is 0 Å². The highest BCUT2D eigenvalue weighted by Gasteiger charge is 2.31. The molecule has 0 aliphatic carbocycles. The summed E-state index contributed by atoms with van der Waals surface area (Å²) in [5.74, 6) is -0.296. The summed E-state index contributed by atoms with van der Waals surface area (Å²) < 4.78 is 24.5. The zero-order valence-corrected chi connectivity index (χ0v) is 9.40. The van der Waals surface area contributed by atoms with Gasteiger partial charge in [-0.05, 0) is 5.56 Å². The minimum atomic E-state index is -3.40. The Kier molecular flexibility index (Phi) is 2.43. The average molecular weight is 242 g/mol. The quantitative estimate of drug-likeness (QED) is 0.540.